The highest BCUT2D eigenvalue weighted by molar-refractivity contribution is 6.30. The van der Waals surface area contributed by atoms with E-state index in [1.165, 1.54) is 5.56 Å². The maximum absolute atomic E-state index is 6.09. The van der Waals surface area contributed by atoms with Gasteiger partial charge in [-0.3, -0.25) is 0 Å². The molecule has 2 aromatic rings. The van der Waals surface area contributed by atoms with Gasteiger partial charge in [0.1, 0.15) is 5.76 Å². The number of hydrogen-bond donors (Lipinski definition) is 1. The predicted molar refractivity (Wildman–Crippen MR) is 97.4 cm³/mol. The highest BCUT2D eigenvalue weighted by Crippen LogP contribution is 2.44. The van der Waals surface area contributed by atoms with E-state index in [-0.39, 0.29) is 11.0 Å². The van der Waals surface area contributed by atoms with Crippen molar-refractivity contribution in [1.82, 2.24) is 5.32 Å². The number of furan rings is 1. The molecule has 1 atom stereocenters. The molecule has 1 unspecified atom stereocenters. The molecule has 1 aliphatic heterocycles. The van der Waals surface area contributed by atoms with E-state index in [0.717, 1.165) is 49.7 Å². The Bertz CT molecular complexity index is 636. The van der Waals surface area contributed by atoms with E-state index in [2.05, 4.69) is 31.3 Å². The minimum absolute atomic E-state index is 0.0983. The monoisotopic (exact) mass is 347 g/mol. The van der Waals surface area contributed by atoms with Crippen molar-refractivity contribution in [3.05, 3.63) is 59.0 Å². The van der Waals surface area contributed by atoms with Crippen LogP contribution in [0, 0.1) is 0 Å². The van der Waals surface area contributed by atoms with Gasteiger partial charge in [0.2, 0.25) is 0 Å². The molecule has 0 radical (unpaired) electrons. The number of rotatable bonds is 6. The van der Waals surface area contributed by atoms with Crippen molar-refractivity contribution in [2.75, 3.05) is 13.2 Å². The van der Waals surface area contributed by atoms with Crippen LogP contribution in [0.4, 0.5) is 0 Å². The Kier molecular flexibility index (Phi) is 5.33. The fourth-order valence-corrected chi connectivity index (χ4v) is 3.96. The summed E-state index contributed by atoms with van der Waals surface area (Å²) in [4.78, 5) is 0. The van der Waals surface area contributed by atoms with Gasteiger partial charge in [-0.05, 0) is 69.5 Å². The lowest BCUT2D eigenvalue weighted by molar-refractivity contribution is -0.0840. The lowest BCUT2D eigenvalue weighted by atomic mass is 9.67. The molecule has 0 amide bonds. The number of hydrogen-bond acceptors (Lipinski definition) is 3. The molecule has 1 aromatic heterocycles. The molecule has 0 bridgehead atoms. The van der Waals surface area contributed by atoms with E-state index in [4.69, 9.17) is 20.8 Å². The van der Waals surface area contributed by atoms with Gasteiger partial charge in [0.25, 0.3) is 0 Å². The van der Waals surface area contributed by atoms with Crippen LogP contribution in [0.15, 0.2) is 47.1 Å². The Morgan fingerprint density at radius 2 is 1.96 bits per heavy atom. The summed E-state index contributed by atoms with van der Waals surface area (Å²) in [5.41, 5.74) is 1.39. The van der Waals surface area contributed by atoms with Crippen molar-refractivity contribution in [3.8, 4) is 0 Å². The molecule has 0 spiro atoms. The summed E-state index contributed by atoms with van der Waals surface area (Å²) in [7, 11) is 0. The van der Waals surface area contributed by atoms with E-state index in [1.807, 2.05) is 24.3 Å². The van der Waals surface area contributed by atoms with Crippen LogP contribution in [-0.2, 0) is 16.7 Å². The number of halogens is 1. The quantitative estimate of drug-likeness (QED) is 0.751. The Balaban J connectivity index is 1.71. The van der Waals surface area contributed by atoms with Crippen molar-refractivity contribution < 1.29 is 9.15 Å². The molecule has 4 heteroatoms. The first-order valence-corrected chi connectivity index (χ1v) is 9.00. The molecular weight excluding hydrogens is 322 g/mol. The van der Waals surface area contributed by atoms with Crippen LogP contribution >= 0.6 is 11.6 Å². The average molecular weight is 348 g/mol. The molecule has 3 nitrogen and oxygen atoms in total. The molecule has 1 aliphatic rings. The Labute approximate surface area is 149 Å². The van der Waals surface area contributed by atoms with Gasteiger partial charge < -0.3 is 14.5 Å². The fourth-order valence-electron chi connectivity index (χ4n) is 3.84. The van der Waals surface area contributed by atoms with E-state index in [0.29, 0.717) is 0 Å². The van der Waals surface area contributed by atoms with Crippen LogP contribution in [0.3, 0.4) is 0 Å². The van der Waals surface area contributed by atoms with Crippen molar-refractivity contribution in [1.29, 1.82) is 0 Å². The van der Waals surface area contributed by atoms with Crippen LogP contribution in [-0.4, -0.2) is 18.8 Å². The molecule has 0 aliphatic carbocycles. The summed E-state index contributed by atoms with van der Waals surface area (Å²) in [6.07, 6.45) is 4.85. The Hall–Kier alpha value is -1.29. The van der Waals surface area contributed by atoms with Gasteiger partial charge in [0.05, 0.1) is 18.4 Å². The summed E-state index contributed by atoms with van der Waals surface area (Å²) in [5, 5.41) is 4.30. The van der Waals surface area contributed by atoms with Gasteiger partial charge in [-0.25, -0.2) is 0 Å². The van der Waals surface area contributed by atoms with Crippen LogP contribution in [0.5, 0.6) is 0 Å². The molecule has 1 fully saturated rings. The lowest BCUT2D eigenvalue weighted by Crippen LogP contribution is -2.45. The topological polar surface area (TPSA) is 34.4 Å². The highest BCUT2D eigenvalue weighted by atomic mass is 35.5. The standard InChI is InChI=1S/C20H26ClNO2/c1-19(2)15-20(10-13-24-19,16-5-7-17(21)8-6-16)9-11-22-14-18-4-3-12-23-18/h3-8,12,22H,9-11,13-15H2,1-2H3. The van der Waals surface area contributed by atoms with Gasteiger partial charge >= 0.3 is 0 Å². The first-order valence-electron chi connectivity index (χ1n) is 8.62. The van der Waals surface area contributed by atoms with E-state index in [9.17, 15) is 0 Å². The third-order valence-electron chi connectivity index (χ3n) is 4.95. The first kappa shape index (κ1) is 17.5. The van der Waals surface area contributed by atoms with Crippen LogP contribution < -0.4 is 5.32 Å². The molecule has 2 heterocycles. The zero-order valence-electron chi connectivity index (χ0n) is 14.5. The summed E-state index contributed by atoms with van der Waals surface area (Å²) < 4.78 is 11.4. The second kappa shape index (κ2) is 7.30. The van der Waals surface area contributed by atoms with Crippen molar-refractivity contribution in [2.24, 2.45) is 0 Å². The zero-order valence-corrected chi connectivity index (χ0v) is 15.2. The predicted octanol–water partition coefficient (Wildman–Crippen LogP) is 4.94. The van der Waals surface area contributed by atoms with Crippen LogP contribution in [0.1, 0.15) is 44.4 Å². The summed E-state index contributed by atoms with van der Waals surface area (Å²) in [6, 6.07) is 12.3. The first-order chi connectivity index (χ1) is 11.5. The second-order valence-corrected chi connectivity index (χ2v) is 7.76. The van der Waals surface area contributed by atoms with Crippen molar-refractivity contribution in [2.45, 2.75) is 50.7 Å². The van der Waals surface area contributed by atoms with Crippen molar-refractivity contribution in [3.63, 3.8) is 0 Å². The summed E-state index contributed by atoms with van der Waals surface area (Å²) in [5.74, 6) is 0.975. The molecule has 1 saturated heterocycles. The van der Waals surface area contributed by atoms with Crippen molar-refractivity contribution >= 4 is 11.6 Å². The number of nitrogens with one attached hydrogen (secondary N) is 1. The third-order valence-corrected chi connectivity index (χ3v) is 5.21. The van der Waals surface area contributed by atoms with Gasteiger partial charge in [-0.2, -0.15) is 0 Å². The second-order valence-electron chi connectivity index (χ2n) is 7.33. The Morgan fingerprint density at radius 3 is 2.62 bits per heavy atom. The minimum Gasteiger partial charge on any atom is -0.468 e. The molecule has 3 rings (SSSR count). The van der Waals surface area contributed by atoms with Gasteiger partial charge in [-0.15, -0.1) is 0 Å². The maximum atomic E-state index is 6.09. The molecule has 130 valence electrons. The normalized spacial score (nSPS) is 23.3. The van der Waals surface area contributed by atoms with Gasteiger partial charge in [-0.1, -0.05) is 23.7 Å². The maximum Gasteiger partial charge on any atom is 0.117 e. The summed E-state index contributed by atoms with van der Waals surface area (Å²) >= 11 is 6.09. The smallest absolute Gasteiger partial charge is 0.117 e. The SMILES string of the molecule is CC1(C)CC(CCNCc2ccco2)(c2ccc(Cl)cc2)CCO1. The van der Waals surface area contributed by atoms with E-state index < -0.39 is 0 Å². The molecule has 1 N–H and O–H groups in total. The summed E-state index contributed by atoms with van der Waals surface area (Å²) in [6.45, 7) is 6.89. The highest BCUT2D eigenvalue weighted by Gasteiger charge is 2.41. The molecule has 1 aromatic carbocycles. The third kappa shape index (κ3) is 4.21. The zero-order chi connectivity index (χ0) is 17.0. The molecule has 24 heavy (non-hydrogen) atoms. The van der Waals surface area contributed by atoms with Crippen LogP contribution in [0.25, 0.3) is 0 Å². The average Bonchev–Trinajstić information content (AvgIpc) is 3.05. The van der Waals surface area contributed by atoms with Gasteiger partial charge in [0.15, 0.2) is 0 Å². The lowest BCUT2D eigenvalue weighted by Gasteiger charge is -2.45. The van der Waals surface area contributed by atoms with Gasteiger partial charge in [0, 0.05) is 17.0 Å². The molecule has 0 saturated carbocycles. The largest absolute Gasteiger partial charge is 0.468 e. The fraction of sp³-hybridized carbons (Fsp3) is 0.500. The Morgan fingerprint density at radius 1 is 1.17 bits per heavy atom. The molecular formula is C20H26ClNO2. The van der Waals surface area contributed by atoms with Crippen LogP contribution in [0.2, 0.25) is 5.02 Å². The van der Waals surface area contributed by atoms with E-state index in [1.54, 1.807) is 6.26 Å². The van der Waals surface area contributed by atoms with E-state index >= 15 is 0 Å². The number of benzene rings is 1. The minimum atomic E-state index is -0.0983. The number of ether oxygens (including phenoxy) is 1.